The van der Waals surface area contributed by atoms with Crippen molar-refractivity contribution in [2.24, 2.45) is 7.05 Å². The van der Waals surface area contributed by atoms with E-state index in [1.54, 1.807) is 19.6 Å². The van der Waals surface area contributed by atoms with Crippen molar-refractivity contribution in [1.82, 2.24) is 24.3 Å². The fourth-order valence-electron chi connectivity index (χ4n) is 3.28. The molecule has 0 saturated heterocycles. The summed E-state index contributed by atoms with van der Waals surface area (Å²) in [4.78, 5) is 20.7. The lowest BCUT2D eigenvalue weighted by atomic mass is 9.97. The Morgan fingerprint density at radius 1 is 1.03 bits per heavy atom. The van der Waals surface area contributed by atoms with E-state index in [-0.39, 0.29) is 5.69 Å². The molecule has 0 aliphatic carbocycles. The smallest absolute Gasteiger partial charge is 0.348 e. The van der Waals surface area contributed by atoms with Crippen molar-refractivity contribution in [2.45, 2.75) is 13.5 Å². The Morgan fingerprint density at radius 2 is 1.83 bits per heavy atom. The van der Waals surface area contributed by atoms with E-state index in [1.807, 2.05) is 25.1 Å². The average molecular weight is 387 g/mol. The van der Waals surface area contributed by atoms with Gasteiger partial charge in [-0.2, -0.15) is 0 Å². The fraction of sp³-hybridized carbons (Fsp3) is 0.182. The van der Waals surface area contributed by atoms with Crippen LogP contribution in [0.4, 0.5) is 0 Å². The van der Waals surface area contributed by atoms with Crippen LogP contribution in [0.15, 0.2) is 65.8 Å². The number of rotatable bonds is 5. The molecule has 0 atom stereocenters. The lowest BCUT2D eigenvalue weighted by Crippen LogP contribution is -2.23. The van der Waals surface area contributed by atoms with Crippen molar-refractivity contribution in [1.29, 1.82) is 0 Å². The normalized spacial score (nSPS) is 10.9. The summed E-state index contributed by atoms with van der Waals surface area (Å²) >= 11 is 0. The Kier molecular flexibility index (Phi) is 4.95. The van der Waals surface area contributed by atoms with Crippen LogP contribution >= 0.6 is 0 Å². The molecule has 7 nitrogen and oxygen atoms in total. The van der Waals surface area contributed by atoms with E-state index in [4.69, 9.17) is 4.74 Å². The standard InChI is InChI=1S/C22H21N5O2/c1-15-7-8-17(12-19(15)13-27-21(29-3)25-26(2)22(27)28)16-5-4-6-18(11-16)20-9-10-23-14-24-20/h4-12,14H,13H2,1-3H3. The lowest BCUT2D eigenvalue weighted by Gasteiger charge is -2.11. The van der Waals surface area contributed by atoms with Crippen molar-refractivity contribution < 1.29 is 4.74 Å². The number of aromatic nitrogens is 5. The maximum absolute atomic E-state index is 12.4. The molecule has 29 heavy (non-hydrogen) atoms. The maximum atomic E-state index is 12.4. The van der Waals surface area contributed by atoms with Gasteiger partial charge in [-0.05, 0) is 47.4 Å². The van der Waals surface area contributed by atoms with Crippen LogP contribution in [0.2, 0.25) is 0 Å². The minimum atomic E-state index is -0.211. The van der Waals surface area contributed by atoms with Gasteiger partial charge in [-0.3, -0.25) is 0 Å². The summed E-state index contributed by atoms with van der Waals surface area (Å²) in [7, 11) is 3.13. The first kappa shape index (κ1) is 18.6. The van der Waals surface area contributed by atoms with Gasteiger partial charge < -0.3 is 4.74 Å². The highest BCUT2D eigenvalue weighted by molar-refractivity contribution is 5.72. The fourth-order valence-corrected chi connectivity index (χ4v) is 3.28. The Labute approximate surface area is 168 Å². The van der Waals surface area contributed by atoms with Gasteiger partial charge in [-0.25, -0.2) is 24.0 Å². The highest BCUT2D eigenvalue weighted by Gasteiger charge is 2.14. The number of methoxy groups -OCH3 is 1. The van der Waals surface area contributed by atoms with Gasteiger partial charge in [-0.15, -0.1) is 5.10 Å². The number of aryl methyl sites for hydroxylation is 2. The molecule has 0 amide bonds. The summed E-state index contributed by atoms with van der Waals surface area (Å²) < 4.78 is 8.07. The van der Waals surface area contributed by atoms with Crippen LogP contribution in [-0.4, -0.2) is 31.4 Å². The summed E-state index contributed by atoms with van der Waals surface area (Å²) in [6.45, 7) is 2.42. The molecule has 0 N–H and O–H groups in total. The average Bonchev–Trinajstić information content (AvgIpc) is 3.03. The van der Waals surface area contributed by atoms with E-state index in [0.29, 0.717) is 12.6 Å². The first-order chi connectivity index (χ1) is 14.1. The van der Waals surface area contributed by atoms with Crippen LogP contribution in [0, 0.1) is 6.92 Å². The van der Waals surface area contributed by atoms with Crippen molar-refractivity contribution in [2.75, 3.05) is 7.11 Å². The van der Waals surface area contributed by atoms with Crippen LogP contribution in [-0.2, 0) is 13.6 Å². The zero-order valence-electron chi connectivity index (χ0n) is 16.5. The first-order valence-corrected chi connectivity index (χ1v) is 9.21. The second-order valence-electron chi connectivity index (χ2n) is 6.80. The first-order valence-electron chi connectivity index (χ1n) is 9.21. The van der Waals surface area contributed by atoms with Crippen LogP contribution in [0.1, 0.15) is 11.1 Å². The topological polar surface area (TPSA) is 74.8 Å². The predicted octanol–water partition coefficient (Wildman–Crippen LogP) is 3.07. The summed E-state index contributed by atoms with van der Waals surface area (Å²) in [5, 5.41) is 4.11. The molecule has 2 aromatic heterocycles. The van der Waals surface area contributed by atoms with Gasteiger partial charge in [0.25, 0.3) is 0 Å². The van der Waals surface area contributed by atoms with Gasteiger partial charge in [0.15, 0.2) is 0 Å². The maximum Gasteiger partial charge on any atom is 0.348 e. The van der Waals surface area contributed by atoms with Gasteiger partial charge in [0.05, 0.1) is 19.3 Å². The largest absolute Gasteiger partial charge is 0.467 e. The SMILES string of the molecule is COc1nn(C)c(=O)n1Cc1cc(-c2cccc(-c3ccncn3)c2)ccc1C. The van der Waals surface area contributed by atoms with Crippen LogP contribution in [0.25, 0.3) is 22.4 Å². The van der Waals surface area contributed by atoms with Crippen molar-refractivity contribution in [3.05, 3.63) is 82.7 Å². The summed E-state index contributed by atoms with van der Waals surface area (Å²) in [5.41, 5.74) is 5.96. The zero-order chi connectivity index (χ0) is 20.4. The van der Waals surface area contributed by atoms with E-state index < -0.39 is 0 Å². The molecular formula is C22H21N5O2. The van der Waals surface area contributed by atoms with E-state index in [1.165, 1.54) is 16.4 Å². The van der Waals surface area contributed by atoms with Crippen LogP contribution in [0.3, 0.4) is 0 Å². The molecule has 0 aliphatic rings. The Balaban J connectivity index is 1.72. The lowest BCUT2D eigenvalue weighted by molar-refractivity contribution is 0.357. The minimum Gasteiger partial charge on any atom is -0.467 e. The Hall–Kier alpha value is -3.74. The van der Waals surface area contributed by atoms with E-state index in [2.05, 4.69) is 45.4 Å². The van der Waals surface area contributed by atoms with Crippen LogP contribution in [0.5, 0.6) is 6.01 Å². The third-order valence-corrected chi connectivity index (χ3v) is 4.91. The monoisotopic (exact) mass is 387 g/mol. The minimum absolute atomic E-state index is 0.211. The molecular weight excluding hydrogens is 366 g/mol. The predicted molar refractivity (Wildman–Crippen MR) is 111 cm³/mol. The number of nitrogens with zero attached hydrogens (tertiary/aromatic N) is 5. The zero-order valence-corrected chi connectivity index (χ0v) is 16.5. The molecule has 0 bridgehead atoms. The summed E-state index contributed by atoms with van der Waals surface area (Å²) in [6.07, 6.45) is 3.28. The Morgan fingerprint density at radius 3 is 2.59 bits per heavy atom. The third kappa shape index (κ3) is 3.67. The van der Waals surface area contributed by atoms with Gasteiger partial charge in [0.1, 0.15) is 6.33 Å². The number of hydrogen-bond donors (Lipinski definition) is 0. The van der Waals surface area contributed by atoms with E-state index in [0.717, 1.165) is 33.5 Å². The number of hydrogen-bond acceptors (Lipinski definition) is 5. The highest BCUT2D eigenvalue weighted by atomic mass is 16.5. The van der Waals surface area contributed by atoms with Crippen LogP contribution < -0.4 is 10.4 Å². The van der Waals surface area contributed by atoms with Crippen molar-refractivity contribution >= 4 is 0 Å². The van der Waals surface area contributed by atoms with Gasteiger partial charge in [-0.1, -0.05) is 30.3 Å². The molecule has 2 aromatic carbocycles. The van der Waals surface area contributed by atoms with E-state index in [9.17, 15) is 4.79 Å². The molecule has 7 heteroatoms. The van der Waals surface area contributed by atoms with Gasteiger partial charge >= 0.3 is 11.7 Å². The van der Waals surface area contributed by atoms with Crippen molar-refractivity contribution in [3.63, 3.8) is 0 Å². The third-order valence-electron chi connectivity index (χ3n) is 4.91. The molecule has 2 heterocycles. The molecule has 0 aliphatic heterocycles. The Bertz CT molecular complexity index is 1210. The quantitative estimate of drug-likeness (QED) is 0.526. The second-order valence-corrected chi connectivity index (χ2v) is 6.80. The van der Waals surface area contributed by atoms with Gasteiger partial charge in [0.2, 0.25) is 0 Å². The molecule has 0 spiro atoms. The highest BCUT2D eigenvalue weighted by Crippen LogP contribution is 2.27. The van der Waals surface area contributed by atoms with E-state index >= 15 is 0 Å². The molecule has 0 fully saturated rings. The summed E-state index contributed by atoms with van der Waals surface area (Å²) in [6, 6.07) is 16.7. The molecule has 0 saturated carbocycles. The number of benzene rings is 2. The molecule has 0 radical (unpaired) electrons. The summed E-state index contributed by atoms with van der Waals surface area (Å²) in [5.74, 6) is 0. The second kappa shape index (κ2) is 7.71. The molecule has 0 unspecified atom stereocenters. The number of ether oxygens (including phenoxy) is 1. The molecule has 4 aromatic rings. The molecule has 4 rings (SSSR count). The van der Waals surface area contributed by atoms with Gasteiger partial charge in [0, 0.05) is 18.8 Å². The van der Waals surface area contributed by atoms with Crippen molar-refractivity contribution in [3.8, 4) is 28.4 Å². The molecule has 146 valence electrons.